The number of halogens is 1. The summed E-state index contributed by atoms with van der Waals surface area (Å²) >= 11 is 1.65. The van der Waals surface area contributed by atoms with E-state index < -0.39 is 0 Å². The van der Waals surface area contributed by atoms with Crippen molar-refractivity contribution in [3.05, 3.63) is 59.9 Å². The number of hydrogen-bond acceptors (Lipinski definition) is 1. The summed E-state index contributed by atoms with van der Waals surface area (Å²) in [4.78, 5) is 2.24. The van der Waals surface area contributed by atoms with Gasteiger partial charge in [0.25, 0.3) is 0 Å². The SMILES string of the molecule is CCc1ccc(Sc2ccc(F)cc2)cc1. The van der Waals surface area contributed by atoms with Crippen LogP contribution in [0.3, 0.4) is 0 Å². The van der Waals surface area contributed by atoms with Crippen LogP contribution in [0.25, 0.3) is 0 Å². The van der Waals surface area contributed by atoms with E-state index in [0.29, 0.717) is 0 Å². The molecule has 2 aromatic carbocycles. The predicted octanol–water partition coefficient (Wildman–Crippen LogP) is 4.54. The lowest BCUT2D eigenvalue weighted by Gasteiger charge is -2.02. The van der Waals surface area contributed by atoms with Gasteiger partial charge in [0.2, 0.25) is 0 Å². The summed E-state index contributed by atoms with van der Waals surface area (Å²) in [5, 5.41) is 0. The number of hydrogen-bond donors (Lipinski definition) is 0. The second-order valence-electron chi connectivity index (χ2n) is 3.55. The molecule has 0 N–H and O–H groups in total. The quantitative estimate of drug-likeness (QED) is 0.748. The first-order valence-corrected chi connectivity index (χ1v) is 6.12. The van der Waals surface area contributed by atoms with Crippen LogP contribution in [0.15, 0.2) is 58.3 Å². The van der Waals surface area contributed by atoms with Gasteiger partial charge in [-0.3, -0.25) is 0 Å². The van der Waals surface area contributed by atoms with E-state index >= 15 is 0 Å². The predicted molar refractivity (Wildman–Crippen MR) is 66.3 cm³/mol. The Morgan fingerprint density at radius 3 is 1.88 bits per heavy atom. The fourth-order valence-corrected chi connectivity index (χ4v) is 2.25. The first-order valence-electron chi connectivity index (χ1n) is 5.30. The van der Waals surface area contributed by atoms with Gasteiger partial charge in [0.05, 0.1) is 0 Å². The lowest BCUT2D eigenvalue weighted by Crippen LogP contribution is -1.79. The summed E-state index contributed by atoms with van der Waals surface area (Å²) in [5.41, 5.74) is 1.34. The van der Waals surface area contributed by atoms with Crippen molar-refractivity contribution in [2.45, 2.75) is 23.1 Å². The van der Waals surface area contributed by atoms with Gasteiger partial charge < -0.3 is 0 Å². The van der Waals surface area contributed by atoms with Gasteiger partial charge in [0.1, 0.15) is 5.82 Å². The molecule has 0 nitrogen and oxygen atoms in total. The third-order valence-corrected chi connectivity index (χ3v) is 3.40. The van der Waals surface area contributed by atoms with E-state index in [1.807, 2.05) is 0 Å². The zero-order valence-corrected chi connectivity index (χ0v) is 9.93. The summed E-state index contributed by atoms with van der Waals surface area (Å²) < 4.78 is 12.7. The summed E-state index contributed by atoms with van der Waals surface area (Å²) in [6.45, 7) is 2.14. The van der Waals surface area contributed by atoms with Gasteiger partial charge in [0, 0.05) is 9.79 Å². The minimum Gasteiger partial charge on any atom is -0.207 e. The highest BCUT2D eigenvalue weighted by Gasteiger charge is 1.97. The Labute approximate surface area is 99.5 Å². The number of benzene rings is 2. The van der Waals surface area contributed by atoms with Gasteiger partial charge >= 0.3 is 0 Å². The zero-order valence-electron chi connectivity index (χ0n) is 9.11. The van der Waals surface area contributed by atoms with Crippen LogP contribution in [-0.2, 0) is 6.42 Å². The second-order valence-corrected chi connectivity index (χ2v) is 4.70. The van der Waals surface area contributed by atoms with Crippen molar-refractivity contribution in [1.82, 2.24) is 0 Å². The molecule has 0 bridgehead atoms. The summed E-state index contributed by atoms with van der Waals surface area (Å²) in [6, 6.07) is 15.0. The molecular formula is C14H13FS. The van der Waals surface area contributed by atoms with Crippen LogP contribution in [-0.4, -0.2) is 0 Å². The van der Waals surface area contributed by atoms with E-state index in [1.54, 1.807) is 23.9 Å². The highest BCUT2D eigenvalue weighted by Crippen LogP contribution is 2.27. The molecule has 0 saturated heterocycles. The van der Waals surface area contributed by atoms with Crippen LogP contribution < -0.4 is 0 Å². The molecule has 0 aliphatic heterocycles. The van der Waals surface area contributed by atoms with Gasteiger partial charge in [-0.15, -0.1) is 0 Å². The van der Waals surface area contributed by atoms with Crippen LogP contribution in [0.4, 0.5) is 4.39 Å². The Hall–Kier alpha value is -1.28. The molecule has 0 heterocycles. The molecule has 0 fully saturated rings. The van der Waals surface area contributed by atoms with Crippen LogP contribution in [0.2, 0.25) is 0 Å². The van der Waals surface area contributed by atoms with Crippen molar-refractivity contribution in [3.63, 3.8) is 0 Å². The van der Waals surface area contributed by atoms with Crippen LogP contribution >= 0.6 is 11.8 Å². The highest BCUT2D eigenvalue weighted by molar-refractivity contribution is 7.99. The molecule has 0 spiro atoms. The van der Waals surface area contributed by atoms with Crippen molar-refractivity contribution in [2.24, 2.45) is 0 Å². The average molecular weight is 232 g/mol. The van der Waals surface area contributed by atoms with Crippen molar-refractivity contribution < 1.29 is 4.39 Å². The maximum Gasteiger partial charge on any atom is 0.123 e. The Morgan fingerprint density at radius 1 is 0.875 bits per heavy atom. The molecule has 0 unspecified atom stereocenters. The van der Waals surface area contributed by atoms with Crippen LogP contribution in [0, 0.1) is 5.82 Å². The minimum atomic E-state index is -0.189. The molecule has 2 rings (SSSR count). The largest absolute Gasteiger partial charge is 0.207 e. The first-order chi connectivity index (χ1) is 7.78. The lowest BCUT2D eigenvalue weighted by atomic mass is 10.2. The molecule has 0 saturated carbocycles. The normalized spacial score (nSPS) is 10.4. The average Bonchev–Trinajstić information content (AvgIpc) is 2.33. The lowest BCUT2D eigenvalue weighted by molar-refractivity contribution is 0.626. The molecule has 82 valence electrons. The van der Waals surface area contributed by atoms with Crippen molar-refractivity contribution in [3.8, 4) is 0 Å². The van der Waals surface area contributed by atoms with E-state index in [1.165, 1.54) is 22.6 Å². The maximum atomic E-state index is 12.7. The second kappa shape index (κ2) is 5.17. The maximum absolute atomic E-state index is 12.7. The Balaban J connectivity index is 2.11. The minimum absolute atomic E-state index is 0.189. The molecule has 0 aromatic heterocycles. The molecule has 0 atom stereocenters. The smallest absolute Gasteiger partial charge is 0.123 e. The molecule has 0 amide bonds. The summed E-state index contributed by atoms with van der Waals surface area (Å²) in [7, 11) is 0. The standard InChI is InChI=1S/C14H13FS/c1-2-11-3-7-13(8-4-11)16-14-9-5-12(15)6-10-14/h3-10H,2H2,1H3. The fourth-order valence-electron chi connectivity index (χ4n) is 1.43. The Morgan fingerprint density at radius 2 is 1.38 bits per heavy atom. The van der Waals surface area contributed by atoms with Crippen LogP contribution in [0.1, 0.15) is 12.5 Å². The van der Waals surface area contributed by atoms with Gasteiger partial charge in [0.15, 0.2) is 0 Å². The molecule has 0 aliphatic rings. The van der Waals surface area contributed by atoms with Crippen LogP contribution in [0.5, 0.6) is 0 Å². The molecule has 0 aliphatic carbocycles. The van der Waals surface area contributed by atoms with Crippen molar-refractivity contribution >= 4 is 11.8 Å². The van der Waals surface area contributed by atoms with E-state index in [2.05, 4.69) is 31.2 Å². The molecule has 16 heavy (non-hydrogen) atoms. The van der Waals surface area contributed by atoms with Crippen molar-refractivity contribution in [1.29, 1.82) is 0 Å². The van der Waals surface area contributed by atoms with E-state index in [9.17, 15) is 4.39 Å². The Kier molecular flexibility index (Phi) is 3.62. The van der Waals surface area contributed by atoms with E-state index in [-0.39, 0.29) is 5.82 Å². The molecule has 2 heteroatoms. The molecule has 0 radical (unpaired) electrons. The van der Waals surface area contributed by atoms with Gasteiger partial charge in [-0.1, -0.05) is 30.8 Å². The van der Waals surface area contributed by atoms with E-state index in [0.717, 1.165) is 11.3 Å². The monoisotopic (exact) mass is 232 g/mol. The van der Waals surface area contributed by atoms with Gasteiger partial charge in [-0.25, -0.2) is 4.39 Å². The zero-order chi connectivity index (χ0) is 11.4. The first kappa shape index (κ1) is 11.2. The highest BCUT2D eigenvalue weighted by atomic mass is 32.2. The van der Waals surface area contributed by atoms with Crippen molar-refractivity contribution in [2.75, 3.05) is 0 Å². The van der Waals surface area contributed by atoms with E-state index in [4.69, 9.17) is 0 Å². The number of rotatable bonds is 3. The summed E-state index contributed by atoms with van der Waals surface area (Å²) in [6.07, 6.45) is 1.06. The molecular weight excluding hydrogens is 219 g/mol. The van der Waals surface area contributed by atoms with Gasteiger partial charge in [-0.05, 0) is 48.4 Å². The number of aryl methyl sites for hydroxylation is 1. The Bertz CT molecular complexity index is 445. The van der Waals surface area contributed by atoms with Gasteiger partial charge in [-0.2, -0.15) is 0 Å². The molecule has 2 aromatic rings. The summed E-state index contributed by atoms with van der Waals surface area (Å²) in [5.74, 6) is -0.189. The third-order valence-electron chi connectivity index (χ3n) is 2.38. The third kappa shape index (κ3) is 2.86. The topological polar surface area (TPSA) is 0 Å². The fraction of sp³-hybridized carbons (Fsp3) is 0.143.